The topological polar surface area (TPSA) is 102 Å². The van der Waals surface area contributed by atoms with E-state index in [4.69, 9.17) is 5.84 Å². The van der Waals surface area contributed by atoms with Gasteiger partial charge in [-0.2, -0.15) is 0 Å². The number of aromatic nitrogens is 5. The Balaban J connectivity index is 1.66. The highest BCUT2D eigenvalue weighted by atomic mass is 32.2. The SMILES string of the molecule is Cc1ccccc1-c1nnc(S[C@@H](C)c2nc3sc(C)c(C)c3c(=O)[nH]2)n1N. The maximum absolute atomic E-state index is 12.5. The molecule has 9 heteroatoms. The van der Waals surface area contributed by atoms with Gasteiger partial charge < -0.3 is 10.8 Å². The number of nitrogens with two attached hydrogens (primary N) is 1. The molecule has 0 spiro atoms. The number of rotatable bonds is 4. The zero-order chi connectivity index (χ0) is 20.0. The van der Waals surface area contributed by atoms with Gasteiger partial charge in [0.15, 0.2) is 5.82 Å². The van der Waals surface area contributed by atoms with Gasteiger partial charge in [0.1, 0.15) is 10.7 Å². The van der Waals surface area contributed by atoms with E-state index in [-0.39, 0.29) is 10.8 Å². The average molecular weight is 413 g/mol. The lowest BCUT2D eigenvalue weighted by Gasteiger charge is -2.10. The summed E-state index contributed by atoms with van der Waals surface area (Å²) < 4.78 is 1.49. The van der Waals surface area contributed by atoms with E-state index in [1.165, 1.54) is 27.8 Å². The molecule has 0 bridgehead atoms. The van der Waals surface area contributed by atoms with Crippen LogP contribution < -0.4 is 11.4 Å². The first kappa shape index (κ1) is 18.7. The van der Waals surface area contributed by atoms with E-state index in [9.17, 15) is 4.79 Å². The van der Waals surface area contributed by atoms with E-state index in [1.54, 1.807) is 0 Å². The lowest BCUT2D eigenvalue weighted by Crippen LogP contribution is -2.14. The van der Waals surface area contributed by atoms with Crippen LogP contribution in [0, 0.1) is 20.8 Å². The fourth-order valence-electron chi connectivity index (χ4n) is 3.04. The Morgan fingerprint density at radius 3 is 2.71 bits per heavy atom. The van der Waals surface area contributed by atoms with Gasteiger partial charge in [-0.05, 0) is 38.8 Å². The molecule has 3 heterocycles. The lowest BCUT2D eigenvalue weighted by atomic mass is 10.1. The second-order valence-electron chi connectivity index (χ2n) is 6.67. The van der Waals surface area contributed by atoms with E-state index < -0.39 is 0 Å². The zero-order valence-corrected chi connectivity index (χ0v) is 17.6. The number of hydrogen-bond acceptors (Lipinski definition) is 7. The summed E-state index contributed by atoms with van der Waals surface area (Å²) in [5.74, 6) is 7.46. The smallest absolute Gasteiger partial charge is 0.259 e. The predicted molar refractivity (Wildman–Crippen MR) is 114 cm³/mol. The van der Waals surface area contributed by atoms with Crippen LogP contribution in [-0.2, 0) is 0 Å². The first-order chi connectivity index (χ1) is 13.4. The number of hydrogen-bond donors (Lipinski definition) is 2. The van der Waals surface area contributed by atoms with Crippen molar-refractivity contribution >= 4 is 33.3 Å². The van der Waals surface area contributed by atoms with Crippen LogP contribution in [0.3, 0.4) is 0 Å². The minimum absolute atomic E-state index is 0.107. The number of fused-ring (bicyclic) bond motifs is 1. The molecule has 1 atom stereocenters. The van der Waals surface area contributed by atoms with Gasteiger partial charge in [-0.1, -0.05) is 36.0 Å². The van der Waals surface area contributed by atoms with Crippen LogP contribution in [-0.4, -0.2) is 24.8 Å². The number of H-pyrrole nitrogens is 1. The van der Waals surface area contributed by atoms with E-state index in [0.717, 1.165) is 26.4 Å². The summed E-state index contributed by atoms with van der Waals surface area (Å²) in [4.78, 5) is 22.0. The molecule has 0 saturated carbocycles. The fourth-order valence-corrected chi connectivity index (χ4v) is 4.91. The molecule has 0 aliphatic carbocycles. The first-order valence-corrected chi connectivity index (χ1v) is 10.5. The molecule has 1 aromatic carbocycles. The maximum Gasteiger partial charge on any atom is 0.259 e. The molecular formula is C19H20N6OS2. The Morgan fingerprint density at radius 2 is 1.96 bits per heavy atom. The Morgan fingerprint density at radius 1 is 1.21 bits per heavy atom. The monoisotopic (exact) mass is 412 g/mol. The zero-order valence-electron chi connectivity index (χ0n) is 16.0. The Hall–Kier alpha value is -2.65. The van der Waals surface area contributed by atoms with Crippen LogP contribution in [0.5, 0.6) is 0 Å². The first-order valence-electron chi connectivity index (χ1n) is 8.80. The van der Waals surface area contributed by atoms with Gasteiger partial charge in [0.25, 0.3) is 5.56 Å². The van der Waals surface area contributed by atoms with Crippen LogP contribution in [0.2, 0.25) is 0 Å². The van der Waals surface area contributed by atoms with Crippen molar-refractivity contribution in [2.45, 2.75) is 38.1 Å². The van der Waals surface area contributed by atoms with Crippen LogP contribution in [0.4, 0.5) is 0 Å². The fraction of sp³-hybridized carbons (Fsp3) is 0.263. The van der Waals surface area contributed by atoms with Gasteiger partial charge >= 0.3 is 0 Å². The van der Waals surface area contributed by atoms with Crippen molar-refractivity contribution in [3.05, 3.63) is 56.4 Å². The molecular weight excluding hydrogens is 392 g/mol. The number of aromatic amines is 1. The summed E-state index contributed by atoms with van der Waals surface area (Å²) in [7, 11) is 0. The molecule has 4 rings (SSSR count). The van der Waals surface area contributed by atoms with Crippen molar-refractivity contribution in [1.82, 2.24) is 24.8 Å². The summed E-state index contributed by atoms with van der Waals surface area (Å²) in [6, 6.07) is 7.89. The molecule has 144 valence electrons. The van der Waals surface area contributed by atoms with Gasteiger partial charge in [0.2, 0.25) is 5.16 Å². The molecule has 0 radical (unpaired) electrons. The third-order valence-electron chi connectivity index (χ3n) is 4.78. The summed E-state index contributed by atoms with van der Waals surface area (Å²) in [5, 5.41) is 9.58. The number of nitrogen functional groups attached to an aromatic ring is 1. The van der Waals surface area contributed by atoms with E-state index in [2.05, 4.69) is 20.2 Å². The van der Waals surface area contributed by atoms with Crippen LogP contribution >= 0.6 is 23.1 Å². The van der Waals surface area contributed by atoms with Crippen molar-refractivity contribution in [2.75, 3.05) is 5.84 Å². The molecule has 3 aromatic heterocycles. The molecule has 0 saturated heterocycles. The number of benzene rings is 1. The normalized spacial score (nSPS) is 12.6. The highest BCUT2D eigenvalue weighted by Crippen LogP contribution is 2.34. The van der Waals surface area contributed by atoms with E-state index in [0.29, 0.717) is 22.2 Å². The third-order valence-corrected chi connectivity index (χ3v) is 6.94. The summed E-state index contributed by atoms with van der Waals surface area (Å²) in [6.07, 6.45) is 0. The molecule has 7 nitrogen and oxygen atoms in total. The maximum atomic E-state index is 12.5. The Bertz CT molecular complexity index is 1240. The number of nitrogens with one attached hydrogen (secondary N) is 1. The standard InChI is InChI=1S/C19H20N6OS2/c1-9-7-5-6-8-13(9)16-23-24-19(25(16)20)28-12(4)15-21-17(26)14-10(2)11(3)27-18(14)22-15/h5-8,12H,20H2,1-4H3,(H,21,22,26)/t12-/m0/s1. The second-order valence-corrected chi connectivity index (χ2v) is 9.18. The van der Waals surface area contributed by atoms with Crippen molar-refractivity contribution in [3.63, 3.8) is 0 Å². The summed E-state index contributed by atoms with van der Waals surface area (Å²) >= 11 is 2.95. The molecule has 0 fully saturated rings. The predicted octanol–water partition coefficient (Wildman–Crippen LogP) is 3.74. The van der Waals surface area contributed by atoms with Gasteiger partial charge in [0.05, 0.1) is 10.6 Å². The summed E-state index contributed by atoms with van der Waals surface area (Å²) in [6.45, 7) is 7.93. The Labute approximate surface area is 170 Å². The molecule has 0 unspecified atom stereocenters. The number of thioether (sulfide) groups is 1. The van der Waals surface area contributed by atoms with Gasteiger partial charge in [-0.15, -0.1) is 21.5 Å². The molecule has 0 aliphatic rings. The number of nitrogens with zero attached hydrogens (tertiary/aromatic N) is 4. The highest BCUT2D eigenvalue weighted by molar-refractivity contribution is 7.99. The second kappa shape index (κ2) is 7.06. The van der Waals surface area contributed by atoms with E-state index >= 15 is 0 Å². The van der Waals surface area contributed by atoms with Crippen molar-refractivity contribution < 1.29 is 0 Å². The minimum Gasteiger partial charge on any atom is -0.335 e. The minimum atomic E-state index is -0.143. The van der Waals surface area contributed by atoms with Crippen LogP contribution in [0.1, 0.15) is 34.0 Å². The van der Waals surface area contributed by atoms with Crippen molar-refractivity contribution in [2.24, 2.45) is 0 Å². The molecule has 28 heavy (non-hydrogen) atoms. The number of thiophene rings is 1. The average Bonchev–Trinajstić information content (AvgIpc) is 3.15. The molecule has 0 amide bonds. The van der Waals surface area contributed by atoms with Crippen molar-refractivity contribution in [1.29, 1.82) is 0 Å². The molecule has 3 N–H and O–H groups in total. The molecule has 0 aliphatic heterocycles. The number of aryl methyl sites for hydroxylation is 3. The van der Waals surface area contributed by atoms with Crippen LogP contribution in [0.25, 0.3) is 21.6 Å². The van der Waals surface area contributed by atoms with Gasteiger partial charge in [-0.25, -0.2) is 9.66 Å². The van der Waals surface area contributed by atoms with Crippen molar-refractivity contribution in [3.8, 4) is 11.4 Å². The van der Waals surface area contributed by atoms with E-state index in [1.807, 2.05) is 52.0 Å². The van der Waals surface area contributed by atoms with Gasteiger partial charge in [0, 0.05) is 10.4 Å². The largest absolute Gasteiger partial charge is 0.335 e. The quantitative estimate of drug-likeness (QED) is 0.391. The van der Waals surface area contributed by atoms with Gasteiger partial charge in [-0.3, -0.25) is 4.79 Å². The summed E-state index contributed by atoms with van der Waals surface area (Å²) in [5.41, 5.74) is 2.90. The lowest BCUT2D eigenvalue weighted by molar-refractivity contribution is 0.835. The highest BCUT2D eigenvalue weighted by Gasteiger charge is 2.20. The molecule has 4 aromatic rings. The van der Waals surface area contributed by atoms with Crippen LogP contribution in [0.15, 0.2) is 34.2 Å². The third kappa shape index (κ3) is 3.10. The Kier molecular flexibility index (Phi) is 4.72.